The number of imidazole rings is 1. The fourth-order valence-corrected chi connectivity index (χ4v) is 5.47. The summed E-state index contributed by atoms with van der Waals surface area (Å²) in [4.78, 5) is 18.5. The molecule has 0 bridgehead atoms. The Bertz CT molecular complexity index is 1820. The number of pyridine rings is 1. The zero-order chi connectivity index (χ0) is 32.9. The number of rotatable bonds is 8. The highest BCUT2D eigenvalue weighted by atomic mass is 32.2. The molecule has 1 fully saturated rings. The van der Waals surface area contributed by atoms with E-state index in [1.165, 1.54) is 48.9 Å². The molecule has 0 radical (unpaired) electrons. The molecular weight excluding hydrogens is 616 g/mol. The first-order chi connectivity index (χ1) is 21.2. The van der Waals surface area contributed by atoms with Gasteiger partial charge >= 0.3 is 6.18 Å². The van der Waals surface area contributed by atoms with E-state index in [1.807, 2.05) is 4.90 Å². The number of piperidine rings is 1. The number of nitrogens with zero attached hydrogens (tertiary/aromatic N) is 3. The number of methoxy groups -OCH3 is 1. The third-order valence-electron chi connectivity index (χ3n) is 6.94. The Hall–Kier alpha value is -4.47. The number of carbonyl (C=O) groups excluding carboxylic acids is 1. The van der Waals surface area contributed by atoms with Crippen LogP contribution in [-0.2, 0) is 21.1 Å². The van der Waals surface area contributed by atoms with Crippen molar-refractivity contribution in [1.82, 2.24) is 14.3 Å². The van der Waals surface area contributed by atoms with Gasteiger partial charge in [-0.3, -0.25) is 9.20 Å². The van der Waals surface area contributed by atoms with Gasteiger partial charge in [-0.1, -0.05) is 11.8 Å². The Labute approximate surface area is 258 Å². The van der Waals surface area contributed by atoms with E-state index in [0.29, 0.717) is 18.7 Å². The summed E-state index contributed by atoms with van der Waals surface area (Å²) in [5, 5.41) is 8.60. The van der Waals surface area contributed by atoms with E-state index in [2.05, 4.69) is 44.6 Å². The van der Waals surface area contributed by atoms with Gasteiger partial charge in [0.05, 0.1) is 53.8 Å². The van der Waals surface area contributed by atoms with Crippen LogP contribution in [0.25, 0.3) is 5.65 Å². The number of aromatic nitrogens is 2. The van der Waals surface area contributed by atoms with Gasteiger partial charge in [-0.2, -0.15) is 13.2 Å². The smallest absolute Gasteiger partial charge is 0.394 e. The van der Waals surface area contributed by atoms with Crippen LogP contribution in [0.4, 0.5) is 34.6 Å². The highest BCUT2D eigenvalue weighted by Gasteiger charge is 2.33. The molecule has 15 heteroatoms. The van der Waals surface area contributed by atoms with Crippen molar-refractivity contribution in [3.05, 3.63) is 41.9 Å². The number of alkyl halides is 4. The summed E-state index contributed by atoms with van der Waals surface area (Å²) >= 11 is 0. The first-order valence-corrected chi connectivity index (χ1v) is 15.6. The van der Waals surface area contributed by atoms with Crippen molar-refractivity contribution < 1.29 is 35.5 Å². The molecule has 0 spiro atoms. The predicted octanol–water partition coefficient (Wildman–Crippen LogP) is 3.73. The SMILES string of the molecule is CC#CC(=O)Nc1cc(N[C@@H]2CCN(C)C[C@@H]2F)c2nc(C#CCNc3ccc(S(C)(=O)=O)cc3OC)c(CC(F)(F)F)n2c1. The molecule has 4 rings (SSSR count). The Morgan fingerprint density at radius 3 is 2.62 bits per heavy atom. The number of benzene rings is 1. The van der Waals surface area contributed by atoms with Gasteiger partial charge in [-0.05, 0) is 50.4 Å². The highest BCUT2D eigenvalue weighted by molar-refractivity contribution is 7.90. The average Bonchev–Trinajstić information content (AvgIpc) is 3.27. The Balaban J connectivity index is 1.73. The second-order valence-corrected chi connectivity index (χ2v) is 12.5. The molecule has 2 atom stereocenters. The van der Waals surface area contributed by atoms with Crippen LogP contribution in [0.2, 0.25) is 0 Å². The minimum absolute atomic E-state index is 0.0465. The summed E-state index contributed by atoms with van der Waals surface area (Å²) < 4.78 is 86.5. The molecule has 1 aliphatic heterocycles. The number of anilines is 3. The standard InChI is InChI=1S/C30H32F4N6O4S/c1-5-7-28(41)36-19-14-25(37-22-11-13-39(2)18-21(22)31)29-38-23(26(40(29)17-19)16-30(32,33)34)8-6-12-35-24-10-9-20(45(4,42)43)15-27(24)44-3/h9-10,14-15,17,21-22,35,37H,11-13,16,18H2,1-4H3,(H,36,41)/t21-,22+/m0/s1. The maximum atomic E-state index is 14.9. The molecule has 1 saturated heterocycles. The summed E-state index contributed by atoms with van der Waals surface area (Å²) in [6, 6.07) is 5.06. The zero-order valence-electron chi connectivity index (χ0n) is 25.0. The van der Waals surface area contributed by atoms with Crippen molar-refractivity contribution in [2.75, 3.05) is 56.0 Å². The Morgan fingerprint density at radius 1 is 1.22 bits per heavy atom. The van der Waals surface area contributed by atoms with Crippen molar-refractivity contribution >= 4 is 38.5 Å². The number of amides is 1. The van der Waals surface area contributed by atoms with Gasteiger partial charge in [0.2, 0.25) is 0 Å². The van der Waals surface area contributed by atoms with Crippen LogP contribution in [0.1, 0.15) is 24.7 Å². The number of fused-ring (bicyclic) bond motifs is 1. The quantitative estimate of drug-likeness (QED) is 0.250. The topological polar surface area (TPSA) is 117 Å². The fourth-order valence-electron chi connectivity index (χ4n) is 4.84. The second-order valence-electron chi connectivity index (χ2n) is 10.5. The molecule has 3 heterocycles. The van der Waals surface area contributed by atoms with E-state index < -0.39 is 40.6 Å². The molecule has 1 amide bonds. The van der Waals surface area contributed by atoms with E-state index in [-0.39, 0.29) is 52.1 Å². The van der Waals surface area contributed by atoms with Crippen molar-refractivity contribution in [3.63, 3.8) is 0 Å². The van der Waals surface area contributed by atoms with E-state index in [9.17, 15) is 30.8 Å². The minimum atomic E-state index is -4.63. The molecule has 0 unspecified atom stereocenters. The normalized spacial score (nSPS) is 17.1. The molecule has 45 heavy (non-hydrogen) atoms. The monoisotopic (exact) mass is 648 g/mol. The number of ether oxygens (including phenoxy) is 1. The Kier molecular flexibility index (Phi) is 10.2. The van der Waals surface area contributed by atoms with E-state index in [1.54, 1.807) is 7.05 Å². The number of halogens is 4. The number of sulfone groups is 1. The largest absolute Gasteiger partial charge is 0.495 e. The lowest BCUT2D eigenvalue weighted by Gasteiger charge is -2.33. The van der Waals surface area contributed by atoms with Gasteiger partial charge in [0.1, 0.15) is 17.6 Å². The second kappa shape index (κ2) is 13.7. The zero-order valence-corrected chi connectivity index (χ0v) is 25.8. The van der Waals surface area contributed by atoms with Gasteiger partial charge in [0, 0.05) is 31.6 Å². The van der Waals surface area contributed by atoms with E-state index in [0.717, 1.165) is 6.26 Å². The summed E-state index contributed by atoms with van der Waals surface area (Å²) in [5.74, 6) is 9.80. The van der Waals surface area contributed by atoms with E-state index in [4.69, 9.17) is 4.74 Å². The van der Waals surface area contributed by atoms with Crippen LogP contribution in [0, 0.1) is 23.7 Å². The molecular formula is C30H32F4N6O4S. The lowest BCUT2D eigenvalue weighted by Crippen LogP contribution is -2.46. The molecule has 0 aliphatic carbocycles. The van der Waals surface area contributed by atoms with Crippen LogP contribution in [-0.4, -0.2) is 87.0 Å². The summed E-state index contributed by atoms with van der Waals surface area (Å²) in [6.07, 6.45) is -4.47. The third-order valence-corrected chi connectivity index (χ3v) is 8.05. The van der Waals surface area contributed by atoms with Gasteiger partial charge in [-0.25, -0.2) is 17.8 Å². The Morgan fingerprint density at radius 2 is 1.98 bits per heavy atom. The number of nitrogens with one attached hydrogen (secondary N) is 3. The summed E-state index contributed by atoms with van der Waals surface area (Å²) in [6.45, 7) is 2.20. The molecule has 10 nitrogen and oxygen atoms in total. The average molecular weight is 649 g/mol. The molecule has 1 aliphatic rings. The van der Waals surface area contributed by atoms with Crippen molar-refractivity contribution in [3.8, 4) is 29.4 Å². The lowest BCUT2D eigenvalue weighted by molar-refractivity contribution is -0.128. The van der Waals surface area contributed by atoms with Gasteiger partial charge in [-0.15, -0.1) is 0 Å². The maximum absolute atomic E-state index is 14.9. The lowest BCUT2D eigenvalue weighted by atomic mass is 10.0. The predicted molar refractivity (Wildman–Crippen MR) is 163 cm³/mol. The first kappa shape index (κ1) is 33.4. The van der Waals surface area contributed by atoms with Gasteiger partial charge in [0.25, 0.3) is 5.91 Å². The van der Waals surface area contributed by atoms with Crippen molar-refractivity contribution in [2.24, 2.45) is 0 Å². The number of hydrogen-bond donors (Lipinski definition) is 3. The van der Waals surface area contributed by atoms with Crippen LogP contribution in [0.15, 0.2) is 35.4 Å². The highest BCUT2D eigenvalue weighted by Crippen LogP contribution is 2.31. The van der Waals surface area contributed by atoms with Crippen LogP contribution in [0.5, 0.6) is 5.75 Å². The number of hydrogen-bond acceptors (Lipinski definition) is 8. The van der Waals surface area contributed by atoms with Crippen LogP contribution >= 0.6 is 0 Å². The van der Waals surface area contributed by atoms with Crippen molar-refractivity contribution in [1.29, 1.82) is 0 Å². The van der Waals surface area contributed by atoms with Crippen LogP contribution in [0.3, 0.4) is 0 Å². The number of likely N-dealkylation sites (tertiary alicyclic amines) is 1. The first-order valence-electron chi connectivity index (χ1n) is 13.7. The fraction of sp³-hybridized carbons (Fsp3) is 0.400. The number of carbonyl (C=O) groups is 1. The minimum Gasteiger partial charge on any atom is -0.495 e. The van der Waals surface area contributed by atoms with Gasteiger partial charge in [0.15, 0.2) is 15.5 Å². The molecule has 1 aromatic carbocycles. The van der Waals surface area contributed by atoms with Crippen LogP contribution < -0.4 is 20.7 Å². The summed E-state index contributed by atoms with van der Waals surface area (Å²) in [7, 11) is -0.310. The van der Waals surface area contributed by atoms with Gasteiger partial charge < -0.3 is 25.6 Å². The van der Waals surface area contributed by atoms with Crippen molar-refractivity contribution in [2.45, 2.75) is 43.1 Å². The molecule has 3 aromatic rings. The molecule has 240 valence electrons. The summed E-state index contributed by atoms with van der Waals surface area (Å²) in [5.41, 5.74) is 0.419. The third kappa shape index (κ3) is 8.59. The maximum Gasteiger partial charge on any atom is 0.394 e. The molecule has 3 N–H and O–H groups in total. The molecule has 2 aromatic heterocycles. The molecule has 0 saturated carbocycles. The van der Waals surface area contributed by atoms with E-state index >= 15 is 0 Å².